The van der Waals surface area contributed by atoms with Crippen molar-refractivity contribution in [2.45, 2.75) is 19.6 Å². The SMILES string of the molecule is O=C(NCn1ccc2ccc(F)cc21)c1nc(CCn2ccc3ccccc32)no1. The summed E-state index contributed by atoms with van der Waals surface area (Å²) in [7, 11) is 0. The lowest BCUT2D eigenvalue weighted by atomic mass is 10.2. The fourth-order valence-corrected chi connectivity index (χ4v) is 3.53. The average molecular weight is 403 g/mol. The zero-order chi connectivity index (χ0) is 20.5. The molecule has 8 heteroatoms. The summed E-state index contributed by atoms with van der Waals surface area (Å²) < 4.78 is 22.4. The van der Waals surface area contributed by atoms with Gasteiger partial charge in [-0.1, -0.05) is 23.4 Å². The predicted molar refractivity (Wildman–Crippen MR) is 109 cm³/mol. The summed E-state index contributed by atoms with van der Waals surface area (Å²) >= 11 is 0. The predicted octanol–water partition coefficient (Wildman–Crippen LogP) is 3.75. The van der Waals surface area contributed by atoms with E-state index in [0.717, 1.165) is 10.9 Å². The quantitative estimate of drug-likeness (QED) is 0.468. The van der Waals surface area contributed by atoms with E-state index in [4.69, 9.17) is 4.52 Å². The van der Waals surface area contributed by atoms with E-state index in [1.807, 2.05) is 24.4 Å². The zero-order valence-corrected chi connectivity index (χ0v) is 16.0. The lowest BCUT2D eigenvalue weighted by molar-refractivity contribution is 0.0898. The molecule has 0 aliphatic rings. The lowest BCUT2D eigenvalue weighted by Crippen LogP contribution is -2.26. The smallest absolute Gasteiger partial charge is 0.315 e. The molecule has 0 radical (unpaired) electrons. The van der Waals surface area contributed by atoms with E-state index in [2.05, 4.69) is 38.2 Å². The Morgan fingerprint density at radius 3 is 2.70 bits per heavy atom. The number of carbonyl (C=O) groups is 1. The fraction of sp³-hybridized carbons (Fsp3) is 0.136. The van der Waals surface area contributed by atoms with Crippen molar-refractivity contribution in [3.63, 3.8) is 0 Å². The highest BCUT2D eigenvalue weighted by Crippen LogP contribution is 2.17. The third-order valence-electron chi connectivity index (χ3n) is 5.06. The summed E-state index contributed by atoms with van der Waals surface area (Å²) in [5.41, 5.74) is 1.83. The van der Waals surface area contributed by atoms with Gasteiger partial charge < -0.3 is 19.0 Å². The second-order valence-corrected chi connectivity index (χ2v) is 6.99. The van der Waals surface area contributed by atoms with Crippen LogP contribution in [0.2, 0.25) is 0 Å². The van der Waals surface area contributed by atoms with Crippen LogP contribution in [0.25, 0.3) is 21.8 Å². The molecule has 1 amide bonds. The number of rotatable bonds is 6. The number of benzene rings is 2. The Bertz CT molecular complexity index is 1350. The lowest BCUT2D eigenvalue weighted by Gasteiger charge is -2.06. The topological polar surface area (TPSA) is 77.9 Å². The van der Waals surface area contributed by atoms with Crippen LogP contribution in [0, 0.1) is 5.82 Å². The van der Waals surface area contributed by atoms with Gasteiger partial charge in [-0.25, -0.2) is 4.39 Å². The number of aryl methyl sites for hydroxylation is 2. The van der Waals surface area contributed by atoms with Gasteiger partial charge in [0.1, 0.15) is 5.82 Å². The number of hydrogen-bond donors (Lipinski definition) is 1. The van der Waals surface area contributed by atoms with E-state index in [1.54, 1.807) is 16.8 Å². The molecule has 2 aromatic carbocycles. The van der Waals surface area contributed by atoms with Crippen LogP contribution in [0.3, 0.4) is 0 Å². The number of nitrogens with one attached hydrogen (secondary N) is 1. The number of amides is 1. The average Bonchev–Trinajstić information content (AvgIpc) is 3.49. The molecule has 150 valence electrons. The number of halogens is 1. The first-order valence-corrected chi connectivity index (χ1v) is 9.56. The molecular weight excluding hydrogens is 385 g/mol. The number of nitrogens with zero attached hydrogens (tertiary/aromatic N) is 4. The summed E-state index contributed by atoms with van der Waals surface area (Å²) in [6, 6.07) is 16.6. The van der Waals surface area contributed by atoms with Gasteiger partial charge in [-0.05, 0) is 47.2 Å². The molecule has 0 unspecified atom stereocenters. The molecule has 5 aromatic rings. The van der Waals surface area contributed by atoms with Crippen LogP contribution in [-0.2, 0) is 19.6 Å². The molecule has 0 aliphatic carbocycles. The maximum absolute atomic E-state index is 13.5. The maximum atomic E-state index is 13.5. The molecule has 1 N–H and O–H groups in total. The number of carbonyl (C=O) groups excluding carboxylic acids is 1. The first kappa shape index (κ1) is 18.1. The van der Waals surface area contributed by atoms with Gasteiger partial charge in [0.25, 0.3) is 0 Å². The minimum absolute atomic E-state index is 0.0926. The highest BCUT2D eigenvalue weighted by molar-refractivity contribution is 5.89. The summed E-state index contributed by atoms with van der Waals surface area (Å²) in [4.78, 5) is 16.6. The van der Waals surface area contributed by atoms with E-state index >= 15 is 0 Å². The standard InChI is InChI=1S/C22H18FN5O2/c23-17-6-5-16-8-11-28(19(16)13-17)14-24-21(29)22-25-20(26-30-22)9-12-27-10-7-15-3-1-2-4-18(15)27/h1-8,10-11,13H,9,12,14H2,(H,24,29). The second-order valence-electron chi connectivity index (χ2n) is 6.99. The Kier molecular flexibility index (Phi) is 4.51. The van der Waals surface area contributed by atoms with E-state index in [0.29, 0.717) is 24.3 Å². The van der Waals surface area contributed by atoms with Gasteiger partial charge in [0.05, 0.1) is 12.2 Å². The Morgan fingerprint density at radius 2 is 1.80 bits per heavy atom. The second kappa shape index (κ2) is 7.47. The highest BCUT2D eigenvalue weighted by Gasteiger charge is 2.15. The van der Waals surface area contributed by atoms with Gasteiger partial charge in [-0.3, -0.25) is 4.79 Å². The maximum Gasteiger partial charge on any atom is 0.315 e. The summed E-state index contributed by atoms with van der Waals surface area (Å²) in [5.74, 6) is -0.430. The Hall–Kier alpha value is -3.94. The third-order valence-corrected chi connectivity index (χ3v) is 5.06. The fourth-order valence-electron chi connectivity index (χ4n) is 3.53. The van der Waals surface area contributed by atoms with Crippen LogP contribution in [0.5, 0.6) is 0 Å². The van der Waals surface area contributed by atoms with Crippen molar-refractivity contribution in [2.24, 2.45) is 0 Å². The Morgan fingerprint density at radius 1 is 1.00 bits per heavy atom. The van der Waals surface area contributed by atoms with Crippen molar-refractivity contribution >= 4 is 27.7 Å². The first-order valence-electron chi connectivity index (χ1n) is 9.56. The molecule has 30 heavy (non-hydrogen) atoms. The van der Waals surface area contributed by atoms with Crippen LogP contribution in [0.1, 0.15) is 16.5 Å². The normalized spacial score (nSPS) is 11.4. The van der Waals surface area contributed by atoms with Crippen molar-refractivity contribution < 1.29 is 13.7 Å². The minimum Gasteiger partial charge on any atom is -0.347 e. The summed E-state index contributed by atoms with van der Waals surface area (Å²) in [6.07, 6.45) is 4.34. The molecule has 0 spiro atoms. The van der Waals surface area contributed by atoms with Gasteiger partial charge in [-0.15, -0.1) is 0 Å². The minimum atomic E-state index is -0.474. The van der Waals surface area contributed by atoms with E-state index < -0.39 is 5.91 Å². The molecular formula is C22H18FN5O2. The van der Waals surface area contributed by atoms with E-state index in [1.165, 1.54) is 17.5 Å². The molecule has 0 aliphatic heterocycles. The number of hydrogen-bond acceptors (Lipinski definition) is 4. The molecule has 0 fully saturated rings. The van der Waals surface area contributed by atoms with Gasteiger partial charge >= 0.3 is 11.8 Å². The molecule has 0 atom stereocenters. The monoisotopic (exact) mass is 403 g/mol. The highest BCUT2D eigenvalue weighted by atomic mass is 19.1. The molecule has 5 rings (SSSR count). The first-order chi connectivity index (χ1) is 14.7. The van der Waals surface area contributed by atoms with Crippen molar-refractivity contribution in [2.75, 3.05) is 0 Å². The van der Waals surface area contributed by atoms with Crippen LogP contribution in [0.4, 0.5) is 4.39 Å². The van der Waals surface area contributed by atoms with Gasteiger partial charge in [0.15, 0.2) is 5.82 Å². The van der Waals surface area contributed by atoms with Crippen LogP contribution in [0.15, 0.2) is 71.5 Å². The molecule has 0 saturated heterocycles. The van der Waals surface area contributed by atoms with Crippen LogP contribution >= 0.6 is 0 Å². The number of fused-ring (bicyclic) bond motifs is 2. The summed E-state index contributed by atoms with van der Waals surface area (Å²) in [6.45, 7) is 0.841. The summed E-state index contributed by atoms with van der Waals surface area (Å²) in [5, 5.41) is 8.69. The number of para-hydroxylation sites is 1. The Balaban J connectivity index is 1.22. The van der Waals surface area contributed by atoms with Gasteiger partial charge in [0.2, 0.25) is 0 Å². The van der Waals surface area contributed by atoms with Crippen LogP contribution in [-0.4, -0.2) is 25.2 Å². The van der Waals surface area contributed by atoms with Crippen LogP contribution < -0.4 is 5.32 Å². The van der Waals surface area contributed by atoms with Crippen molar-refractivity contribution in [1.29, 1.82) is 0 Å². The largest absolute Gasteiger partial charge is 0.347 e. The van der Waals surface area contributed by atoms with Gasteiger partial charge in [-0.2, -0.15) is 4.98 Å². The van der Waals surface area contributed by atoms with Crippen molar-refractivity contribution in [1.82, 2.24) is 24.6 Å². The van der Waals surface area contributed by atoms with E-state index in [-0.39, 0.29) is 18.4 Å². The third kappa shape index (κ3) is 3.43. The number of aromatic nitrogens is 4. The van der Waals surface area contributed by atoms with Crippen molar-refractivity contribution in [3.8, 4) is 0 Å². The van der Waals surface area contributed by atoms with Crippen molar-refractivity contribution in [3.05, 3.63) is 84.5 Å². The van der Waals surface area contributed by atoms with Gasteiger partial charge in [0, 0.05) is 30.9 Å². The van der Waals surface area contributed by atoms with E-state index in [9.17, 15) is 9.18 Å². The zero-order valence-electron chi connectivity index (χ0n) is 16.0. The molecule has 0 bridgehead atoms. The Labute approximate surface area is 170 Å². The molecule has 3 heterocycles. The molecule has 3 aromatic heterocycles. The molecule has 7 nitrogen and oxygen atoms in total. The molecule has 0 saturated carbocycles.